The number of nitrogens with one attached hydrogen (secondary N) is 1. The summed E-state index contributed by atoms with van der Waals surface area (Å²) in [5.41, 5.74) is 3.16. The van der Waals surface area contributed by atoms with Gasteiger partial charge in [-0.2, -0.15) is 0 Å². The average molecular weight is 350 g/mol. The quantitative estimate of drug-likeness (QED) is 0.711. The van der Waals surface area contributed by atoms with Crippen molar-refractivity contribution in [2.45, 2.75) is 13.3 Å². The van der Waals surface area contributed by atoms with Crippen molar-refractivity contribution in [2.75, 3.05) is 12.4 Å². The molecule has 0 aliphatic carbocycles. The minimum atomic E-state index is -0.454. The molecule has 0 unspecified atom stereocenters. The highest BCUT2D eigenvalue weighted by Crippen LogP contribution is 2.20. The molecular formula is C20H18N2O4. The number of carbonyl (C=O) groups is 2. The van der Waals surface area contributed by atoms with Gasteiger partial charge in [-0.3, -0.25) is 4.79 Å². The first-order valence-electron chi connectivity index (χ1n) is 8.05. The minimum Gasteiger partial charge on any atom is -0.465 e. The Bertz CT molecular complexity index is 932. The normalized spacial score (nSPS) is 10.4. The molecule has 132 valence electrons. The Labute approximate surface area is 150 Å². The lowest BCUT2D eigenvalue weighted by molar-refractivity contribution is -0.115. The van der Waals surface area contributed by atoms with E-state index in [9.17, 15) is 9.59 Å². The molecule has 0 atom stereocenters. The Morgan fingerprint density at radius 2 is 1.92 bits per heavy atom. The zero-order chi connectivity index (χ0) is 18.5. The Kier molecular flexibility index (Phi) is 5.12. The SMILES string of the molecule is COC(=O)c1ccc(C)c(NC(=O)Cc2coc(-c3ccccc3)n2)c1. The predicted octanol–water partition coefficient (Wildman–Crippen LogP) is 3.62. The van der Waals surface area contributed by atoms with E-state index in [0.717, 1.165) is 11.1 Å². The van der Waals surface area contributed by atoms with Crippen LogP contribution in [0.3, 0.4) is 0 Å². The van der Waals surface area contributed by atoms with Crippen LogP contribution in [0.25, 0.3) is 11.5 Å². The van der Waals surface area contributed by atoms with Crippen LogP contribution in [0.5, 0.6) is 0 Å². The van der Waals surface area contributed by atoms with Gasteiger partial charge >= 0.3 is 5.97 Å². The molecule has 1 aromatic heterocycles. The van der Waals surface area contributed by atoms with Crippen molar-refractivity contribution in [1.82, 2.24) is 4.98 Å². The number of ether oxygens (including phenoxy) is 1. The first kappa shape index (κ1) is 17.4. The lowest BCUT2D eigenvalue weighted by Gasteiger charge is -2.09. The van der Waals surface area contributed by atoms with E-state index in [1.807, 2.05) is 37.3 Å². The third-order valence-electron chi connectivity index (χ3n) is 3.85. The minimum absolute atomic E-state index is 0.0677. The molecule has 6 nitrogen and oxygen atoms in total. The summed E-state index contributed by atoms with van der Waals surface area (Å²) >= 11 is 0. The van der Waals surface area contributed by atoms with E-state index in [0.29, 0.717) is 22.8 Å². The molecule has 0 spiro atoms. The number of amides is 1. The van der Waals surface area contributed by atoms with Gasteiger partial charge in [0.15, 0.2) is 0 Å². The number of nitrogens with zero attached hydrogens (tertiary/aromatic N) is 1. The molecule has 3 aromatic rings. The summed E-state index contributed by atoms with van der Waals surface area (Å²) in [6.07, 6.45) is 1.54. The maximum atomic E-state index is 12.3. The van der Waals surface area contributed by atoms with Gasteiger partial charge in [-0.1, -0.05) is 24.3 Å². The van der Waals surface area contributed by atoms with Gasteiger partial charge in [0, 0.05) is 11.3 Å². The highest BCUT2D eigenvalue weighted by Gasteiger charge is 2.13. The fourth-order valence-electron chi connectivity index (χ4n) is 2.46. The number of benzene rings is 2. The number of hydrogen-bond donors (Lipinski definition) is 1. The summed E-state index contributed by atoms with van der Waals surface area (Å²) in [6, 6.07) is 14.5. The summed E-state index contributed by atoms with van der Waals surface area (Å²) in [4.78, 5) is 28.3. The molecule has 3 rings (SSSR count). The number of aryl methyl sites for hydroxylation is 1. The van der Waals surface area contributed by atoms with Crippen LogP contribution in [0.1, 0.15) is 21.6 Å². The second-order valence-electron chi connectivity index (χ2n) is 5.76. The summed E-state index contributed by atoms with van der Waals surface area (Å²) < 4.78 is 10.1. The van der Waals surface area contributed by atoms with E-state index in [2.05, 4.69) is 10.3 Å². The van der Waals surface area contributed by atoms with Crippen LogP contribution in [0.2, 0.25) is 0 Å². The number of anilines is 1. The molecule has 1 heterocycles. The van der Waals surface area contributed by atoms with Crippen LogP contribution in [0.4, 0.5) is 5.69 Å². The Balaban J connectivity index is 1.70. The molecule has 0 saturated heterocycles. The standard InChI is InChI=1S/C20H18N2O4/c1-13-8-9-15(20(24)25-2)10-17(13)22-18(23)11-16-12-26-19(21-16)14-6-4-3-5-7-14/h3-10,12H,11H2,1-2H3,(H,22,23). The average Bonchev–Trinajstić information content (AvgIpc) is 3.12. The van der Waals surface area contributed by atoms with Crippen molar-refractivity contribution in [3.63, 3.8) is 0 Å². The Morgan fingerprint density at radius 1 is 1.15 bits per heavy atom. The van der Waals surface area contributed by atoms with Crippen molar-refractivity contribution < 1.29 is 18.7 Å². The van der Waals surface area contributed by atoms with Crippen molar-refractivity contribution >= 4 is 17.6 Å². The van der Waals surface area contributed by atoms with Crippen LogP contribution in [-0.2, 0) is 16.0 Å². The highest BCUT2D eigenvalue weighted by atomic mass is 16.5. The first-order chi connectivity index (χ1) is 12.6. The Morgan fingerprint density at radius 3 is 2.65 bits per heavy atom. The summed E-state index contributed by atoms with van der Waals surface area (Å²) in [7, 11) is 1.31. The largest absolute Gasteiger partial charge is 0.465 e. The number of hydrogen-bond acceptors (Lipinski definition) is 5. The fourth-order valence-corrected chi connectivity index (χ4v) is 2.46. The topological polar surface area (TPSA) is 81.4 Å². The van der Waals surface area contributed by atoms with Crippen molar-refractivity contribution in [3.8, 4) is 11.5 Å². The predicted molar refractivity (Wildman–Crippen MR) is 96.8 cm³/mol. The van der Waals surface area contributed by atoms with Crippen molar-refractivity contribution in [2.24, 2.45) is 0 Å². The maximum Gasteiger partial charge on any atom is 0.337 e. The third-order valence-corrected chi connectivity index (χ3v) is 3.85. The third kappa shape index (κ3) is 3.97. The van der Waals surface area contributed by atoms with Gasteiger partial charge < -0.3 is 14.5 Å². The summed E-state index contributed by atoms with van der Waals surface area (Å²) in [5.74, 6) is -0.232. The smallest absolute Gasteiger partial charge is 0.337 e. The number of esters is 1. The van der Waals surface area contributed by atoms with Crippen molar-refractivity contribution in [3.05, 3.63) is 71.6 Å². The van der Waals surface area contributed by atoms with E-state index in [-0.39, 0.29) is 12.3 Å². The van der Waals surface area contributed by atoms with Gasteiger partial charge in [0.05, 0.1) is 24.8 Å². The first-order valence-corrected chi connectivity index (χ1v) is 8.05. The van der Waals surface area contributed by atoms with Gasteiger partial charge in [-0.15, -0.1) is 0 Å². The molecule has 1 amide bonds. The fraction of sp³-hybridized carbons (Fsp3) is 0.150. The van der Waals surface area contributed by atoms with Crippen LogP contribution >= 0.6 is 0 Å². The van der Waals surface area contributed by atoms with E-state index < -0.39 is 5.97 Å². The molecule has 6 heteroatoms. The number of aromatic nitrogens is 1. The highest BCUT2D eigenvalue weighted by molar-refractivity contribution is 5.96. The molecule has 1 N–H and O–H groups in total. The molecule has 0 radical (unpaired) electrons. The van der Waals surface area contributed by atoms with E-state index >= 15 is 0 Å². The maximum absolute atomic E-state index is 12.3. The molecule has 0 saturated carbocycles. The van der Waals surface area contributed by atoms with Crippen molar-refractivity contribution in [1.29, 1.82) is 0 Å². The second-order valence-corrected chi connectivity index (χ2v) is 5.76. The van der Waals surface area contributed by atoms with Gasteiger partial charge in [0.25, 0.3) is 0 Å². The molecule has 0 aliphatic rings. The zero-order valence-electron chi connectivity index (χ0n) is 14.5. The van der Waals surface area contributed by atoms with E-state index in [1.54, 1.807) is 18.2 Å². The molecule has 0 fully saturated rings. The van der Waals surface area contributed by atoms with Crippen LogP contribution in [0, 0.1) is 6.92 Å². The van der Waals surface area contributed by atoms with Gasteiger partial charge in [-0.25, -0.2) is 9.78 Å². The van der Waals surface area contributed by atoms with Gasteiger partial charge in [-0.05, 0) is 36.8 Å². The summed E-state index contributed by atoms with van der Waals surface area (Å²) in [6.45, 7) is 1.85. The molecule has 0 aliphatic heterocycles. The monoisotopic (exact) mass is 350 g/mol. The molecular weight excluding hydrogens is 332 g/mol. The van der Waals surface area contributed by atoms with Gasteiger partial charge in [0.2, 0.25) is 11.8 Å². The van der Waals surface area contributed by atoms with Crippen LogP contribution in [-0.4, -0.2) is 24.0 Å². The van der Waals surface area contributed by atoms with Crippen LogP contribution < -0.4 is 5.32 Å². The number of oxazole rings is 1. The molecule has 0 bridgehead atoms. The van der Waals surface area contributed by atoms with Crippen LogP contribution in [0.15, 0.2) is 59.2 Å². The van der Waals surface area contributed by atoms with E-state index in [4.69, 9.17) is 9.15 Å². The number of carbonyl (C=O) groups excluding carboxylic acids is 2. The number of rotatable bonds is 5. The zero-order valence-corrected chi connectivity index (χ0v) is 14.5. The molecule has 2 aromatic carbocycles. The Hall–Kier alpha value is -3.41. The second kappa shape index (κ2) is 7.65. The molecule has 26 heavy (non-hydrogen) atoms. The van der Waals surface area contributed by atoms with E-state index in [1.165, 1.54) is 13.4 Å². The number of methoxy groups -OCH3 is 1. The lowest BCUT2D eigenvalue weighted by Crippen LogP contribution is -2.16. The summed E-state index contributed by atoms with van der Waals surface area (Å²) in [5, 5.41) is 2.80. The lowest BCUT2D eigenvalue weighted by atomic mass is 10.1. The van der Waals surface area contributed by atoms with Gasteiger partial charge in [0.1, 0.15) is 6.26 Å².